The molecule has 0 saturated carbocycles. The second-order valence-corrected chi connectivity index (χ2v) is 8.94. The molecule has 8 nitrogen and oxygen atoms in total. The van der Waals surface area contributed by atoms with Crippen LogP contribution < -0.4 is 11.1 Å². The normalized spacial score (nSPS) is 12.1. The van der Waals surface area contributed by atoms with E-state index in [9.17, 15) is 31.5 Å². The van der Waals surface area contributed by atoms with Gasteiger partial charge in [0, 0.05) is 11.1 Å². The molecule has 0 atom stereocenters. The predicted octanol–water partition coefficient (Wildman–Crippen LogP) is 5.03. The Morgan fingerprint density at radius 2 is 1.88 bits per heavy atom. The van der Waals surface area contributed by atoms with Crippen LogP contribution in [0.4, 0.5) is 27.6 Å². The molecule has 0 aliphatic carbocycles. The highest BCUT2D eigenvalue weighted by molar-refractivity contribution is 9.10. The van der Waals surface area contributed by atoms with Crippen molar-refractivity contribution in [3.05, 3.63) is 49.8 Å². The number of anilines is 1. The zero-order valence-corrected chi connectivity index (χ0v) is 19.5. The van der Waals surface area contributed by atoms with Gasteiger partial charge in [-0.1, -0.05) is 0 Å². The van der Waals surface area contributed by atoms with Crippen LogP contribution in [0.2, 0.25) is 0 Å². The third kappa shape index (κ3) is 3.98. The molecule has 34 heavy (non-hydrogen) atoms. The summed E-state index contributed by atoms with van der Waals surface area (Å²) >= 11 is 3.77. The SMILES string of the molecule is Cc1cc(C(F)(F)F)n2nc(C(=O)Nc3c(C(N)=O)sc4nc(C(F)F)cc(C)c34)c(Br)c2n1. The van der Waals surface area contributed by atoms with Crippen molar-refractivity contribution in [2.75, 3.05) is 5.32 Å². The molecule has 4 rings (SSSR count). The number of carbonyl (C=O) groups excluding carboxylic acids is 2. The van der Waals surface area contributed by atoms with Crippen LogP contribution in [0.25, 0.3) is 15.9 Å². The van der Waals surface area contributed by atoms with Gasteiger partial charge in [-0.3, -0.25) is 9.59 Å². The van der Waals surface area contributed by atoms with Gasteiger partial charge in [0.2, 0.25) is 0 Å². The van der Waals surface area contributed by atoms with Gasteiger partial charge < -0.3 is 11.1 Å². The Morgan fingerprint density at radius 3 is 2.47 bits per heavy atom. The van der Waals surface area contributed by atoms with Crippen LogP contribution in [0.3, 0.4) is 0 Å². The first-order valence-corrected chi connectivity index (χ1v) is 10.9. The lowest BCUT2D eigenvalue weighted by molar-refractivity contribution is -0.142. The Bertz CT molecular complexity index is 1500. The number of aryl methyl sites for hydroxylation is 2. The van der Waals surface area contributed by atoms with Crippen molar-refractivity contribution in [3.63, 3.8) is 0 Å². The average molecular weight is 563 g/mol. The second kappa shape index (κ2) is 8.23. The first-order chi connectivity index (χ1) is 15.8. The fraction of sp³-hybridized carbons (Fsp3) is 0.211. The number of thiophene rings is 1. The maximum absolute atomic E-state index is 13.5. The largest absolute Gasteiger partial charge is 0.433 e. The van der Waals surface area contributed by atoms with Crippen LogP contribution in [0.15, 0.2) is 16.6 Å². The first-order valence-electron chi connectivity index (χ1n) is 9.26. The molecular formula is C19H12BrF5N6O2S. The standard InChI is InChI=1S/C19H12BrF5N6O2S/c1-5-3-7(14(21)22)28-18-9(5)11(13(34-18)15(26)32)29-17(33)12-10(20)16-27-6(2)4-8(19(23,24)25)31(16)30-12/h3-4,14H,1-2H3,(H2,26,32)(H,29,33). The number of nitrogens with one attached hydrogen (secondary N) is 1. The second-order valence-electron chi connectivity index (χ2n) is 7.15. The molecule has 0 aromatic carbocycles. The molecule has 0 unspecified atom stereocenters. The summed E-state index contributed by atoms with van der Waals surface area (Å²) in [6.07, 6.45) is -7.65. The van der Waals surface area contributed by atoms with Crippen molar-refractivity contribution in [2.45, 2.75) is 26.4 Å². The van der Waals surface area contributed by atoms with E-state index in [0.29, 0.717) is 15.9 Å². The number of amides is 2. The molecule has 0 bridgehead atoms. The minimum absolute atomic E-state index is 0.0325. The summed E-state index contributed by atoms with van der Waals surface area (Å²) in [6.45, 7) is 2.83. The van der Waals surface area contributed by atoms with Crippen LogP contribution in [0.1, 0.15) is 49.2 Å². The predicted molar refractivity (Wildman–Crippen MR) is 116 cm³/mol. The topological polar surface area (TPSA) is 115 Å². The molecule has 3 N–H and O–H groups in total. The van der Waals surface area contributed by atoms with Gasteiger partial charge in [0.05, 0.1) is 10.2 Å². The number of primary amides is 1. The van der Waals surface area contributed by atoms with Crippen LogP contribution in [0.5, 0.6) is 0 Å². The number of carbonyl (C=O) groups is 2. The molecule has 4 heterocycles. The van der Waals surface area contributed by atoms with Gasteiger partial charge in [-0.05, 0) is 47.5 Å². The molecule has 0 aliphatic heterocycles. The molecule has 2 amide bonds. The minimum atomic E-state index is -4.78. The number of halogens is 6. The average Bonchev–Trinajstić information content (AvgIpc) is 3.25. The smallest absolute Gasteiger partial charge is 0.365 e. The summed E-state index contributed by atoms with van der Waals surface area (Å²) in [4.78, 5) is 32.7. The number of nitrogens with two attached hydrogens (primary N) is 1. The van der Waals surface area contributed by atoms with Gasteiger partial charge in [-0.25, -0.2) is 23.3 Å². The molecule has 0 spiro atoms. The summed E-state index contributed by atoms with van der Waals surface area (Å²) in [5, 5.41) is 6.38. The van der Waals surface area contributed by atoms with Crippen molar-refractivity contribution in [1.82, 2.24) is 19.6 Å². The molecule has 0 saturated heterocycles. The van der Waals surface area contributed by atoms with Gasteiger partial charge in [0.15, 0.2) is 11.3 Å². The molecule has 15 heteroatoms. The van der Waals surface area contributed by atoms with E-state index < -0.39 is 41.5 Å². The molecule has 4 aromatic heterocycles. The van der Waals surface area contributed by atoms with Crippen molar-refractivity contribution >= 4 is 60.6 Å². The number of aromatic nitrogens is 4. The Morgan fingerprint density at radius 1 is 1.21 bits per heavy atom. The highest BCUT2D eigenvalue weighted by atomic mass is 79.9. The van der Waals surface area contributed by atoms with Gasteiger partial charge in [0.25, 0.3) is 18.2 Å². The Kier molecular flexibility index (Phi) is 5.80. The third-order valence-corrected chi connectivity index (χ3v) is 6.56. The van der Waals surface area contributed by atoms with E-state index >= 15 is 0 Å². The molecule has 0 fully saturated rings. The van der Waals surface area contributed by atoms with Gasteiger partial charge in [-0.2, -0.15) is 18.3 Å². The summed E-state index contributed by atoms with van der Waals surface area (Å²) in [6, 6.07) is 1.88. The fourth-order valence-electron chi connectivity index (χ4n) is 3.34. The Balaban J connectivity index is 1.86. The van der Waals surface area contributed by atoms with Crippen molar-refractivity contribution in [2.24, 2.45) is 5.73 Å². The molecule has 0 radical (unpaired) electrons. The first kappa shape index (κ1) is 23.9. The van der Waals surface area contributed by atoms with E-state index in [2.05, 4.69) is 36.3 Å². The maximum Gasteiger partial charge on any atom is 0.433 e. The number of pyridine rings is 1. The number of rotatable bonds is 4. The quantitative estimate of drug-likeness (QED) is 0.339. The lowest BCUT2D eigenvalue weighted by Crippen LogP contribution is -2.18. The highest BCUT2D eigenvalue weighted by Gasteiger charge is 2.36. The van der Waals surface area contributed by atoms with E-state index in [4.69, 9.17) is 5.73 Å². The van der Waals surface area contributed by atoms with Crippen molar-refractivity contribution in [3.8, 4) is 0 Å². The third-order valence-electron chi connectivity index (χ3n) is 4.73. The zero-order chi connectivity index (χ0) is 25.1. The molecule has 178 valence electrons. The van der Waals surface area contributed by atoms with Crippen LogP contribution in [0, 0.1) is 13.8 Å². The number of alkyl halides is 5. The van der Waals surface area contributed by atoms with Crippen LogP contribution in [-0.2, 0) is 6.18 Å². The Hall–Kier alpha value is -3.20. The van der Waals surface area contributed by atoms with E-state index in [1.807, 2.05) is 0 Å². The lowest BCUT2D eigenvalue weighted by Gasteiger charge is -2.09. The molecule has 0 aliphatic rings. The Labute approximate surface area is 199 Å². The van der Waals surface area contributed by atoms with E-state index in [0.717, 1.165) is 12.1 Å². The van der Waals surface area contributed by atoms with Crippen molar-refractivity contribution < 1.29 is 31.5 Å². The van der Waals surface area contributed by atoms with E-state index in [-0.39, 0.29) is 42.2 Å². The number of nitrogens with zero attached hydrogens (tertiary/aromatic N) is 4. The van der Waals surface area contributed by atoms with E-state index in [1.54, 1.807) is 0 Å². The highest BCUT2D eigenvalue weighted by Crippen LogP contribution is 2.39. The van der Waals surface area contributed by atoms with Crippen LogP contribution >= 0.6 is 27.3 Å². The maximum atomic E-state index is 13.5. The summed E-state index contributed by atoms with van der Waals surface area (Å²) < 4.78 is 67.1. The zero-order valence-electron chi connectivity index (χ0n) is 17.1. The fourth-order valence-corrected chi connectivity index (χ4v) is 4.93. The van der Waals surface area contributed by atoms with Crippen LogP contribution in [-0.4, -0.2) is 31.4 Å². The minimum Gasteiger partial charge on any atom is -0.365 e. The lowest BCUT2D eigenvalue weighted by atomic mass is 10.1. The van der Waals surface area contributed by atoms with E-state index in [1.165, 1.54) is 13.8 Å². The summed E-state index contributed by atoms with van der Waals surface area (Å²) in [5.41, 5.74) is 3.25. The van der Waals surface area contributed by atoms with Gasteiger partial charge in [0.1, 0.15) is 21.1 Å². The van der Waals surface area contributed by atoms with Crippen molar-refractivity contribution in [1.29, 1.82) is 0 Å². The van der Waals surface area contributed by atoms with Gasteiger partial charge in [-0.15, -0.1) is 11.3 Å². The summed E-state index contributed by atoms with van der Waals surface area (Å²) in [7, 11) is 0. The number of hydrogen-bond acceptors (Lipinski definition) is 6. The molecular weight excluding hydrogens is 551 g/mol. The monoisotopic (exact) mass is 562 g/mol. The van der Waals surface area contributed by atoms with Gasteiger partial charge >= 0.3 is 6.18 Å². The number of fused-ring (bicyclic) bond motifs is 2. The summed E-state index contributed by atoms with van der Waals surface area (Å²) in [5.74, 6) is -1.94. The molecule has 4 aromatic rings. The number of hydrogen-bond donors (Lipinski definition) is 2.